The Bertz CT molecular complexity index is 634. The Morgan fingerprint density at radius 1 is 1.40 bits per heavy atom. The van der Waals surface area contributed by atoms with Gasteiger partial charge in [-0.3, -0.25) is 4.79 Å². The molecule has 0 bridgehead atoms. The summed E-state index contributed by atoms with van der Waals surface area (Å²) in [7, 11) is 0. The molecule has 0 aliphatic carbocycles. The Labute approximate surface area is 117 Å². The fourth-order valence-electron chi connectivity index (χ4n) is 2.05. The van der Waals surface area contributed by atoms with Crippen molar-refractivity contribution in [3.63, 3.8) is 0 Å². The van der Waals surface area contributed by atoms with Crippen LogP contribution in [-0.4, -0.2) is 27.6 Å². The number of aryl methyl sites for hydroxylation is 2. The molecule has 0 spiro atoms. The molecule has 2 aromatic rings. The van der Waals surface area contributed by atoms with Crippen molar-refractivity contribution < 1.29 is 9.53 Å². The second-order valence-electron chi connectivity index (χ2n) is 4.58. The van der Waals surface area contributed by atoms with Gasteiger partial charge in [0.25, 0.3) is 0 Å². The fraction of sp³-hybridized carbons (Fsp3) is 0.357. The van der Waals surface area contributed by atoms with E-state index in [1.165, 1.54) is 4.68 Å². The van der Waals surface area contributed by atoms with Gasteiger partial charge >= 0.3 is 5.97 Å². The number of carbonyl (C=O) groups excluding carboxylic acids is 1. The fourth-order valence-corrected chi connectivity index (χ4v) is 2.05. The second kappa shape index (κ2) is 5.73. The number of hydrogen-bond donors (Lipinski definition) is 1. The standard InChI is InChI=1S/C14H18N4O2/c1-4-20-13(19)8-18-14(10(3)16-17-18)11-7-9(2)5-6-12(11)15/h5-7H,4,8,15H2,1-3H3. The average molecular weight is 274 g/mol. The van der Waals surface area contributed by atoms with Crippen molar-refractivity contribution in [1.82, 2.24) is 15.0 Å². The summed E-state index contributed by atoms with van der Waals surface area (Å²) in [5.74, 6) is -0.343. The van der Waals surface area contributed by atoms with E-state index in [9.17, 15) is 4.79 Å². The monoisotopic (exact) mass is 274 g/mol. The van der Waals surface area contributed by atoms with Crippen molar-refractivity contribution >= 4 is 11.7 Å². The lowest BCUT2D eigenvalue weighted by Gasteiger charge is -2.10. The van der Waals surface area contributed by atoms with Gasteiger partial charge < -0.3 is 10.5 Å². The molecule has 1 heterocycles. The number of rotatable bonds is 4. The quantitative estimate of drug-likeness (QED) is 0.678. The lowest BCUT2D eigenvalue weighted by Crippen LogP contribution is -2.15. The van der Waals surface area contributed by atoms with E-state index in [0.717, 1.165) is 22.5 Å². The van der Waals surface area contributed by atoms with Gasteiger partial charge in [-0.2, -0.15) is 0 Å². The number of aromatic nitrogens is 3. The summed E-state index contributed by atoms with van der Waals surface area (Å²) < 4.78 is 6.47. The first kappa shape index (κ1) is 14.0. The maximum atomic E-state index is 11.6. The van der Waals surface area contributed by atoms with Crippen LogP contribution >= 0.6 is 0 Å². The molecule has 0 fully saturated rings. The van der Waals surface area contributed by atoms with Crippen molar-refractivity contribution in [2.24, 2.45) is 0 Å². The lowest BCUT2D eigenvalue weighted by molar-refractivity contribution is -0.144. The van der Waals surface area contributed by atoms with Crippen LogP contribution in [0.5, 0.6) is 0 Å². The van der Waals surface area contributed by atoms with Crippen LogP contribution in [0.1, 0.15) is 18.2 Å². The highest BCUT2D eigenvalue weighted by atomic mass is 16.5. The molecule has 1 aromatic carbocycles. The molecule has 0 saturated heterocycles. The zero-order valence-electron chi connectivity index (χ0n) is 11.9. The smallest absolute Gasteiger partial charge is 0.327 e. The third-order valence-electron chi connectivity index (χ3n) is 2.95. The summed E-state index contributed by atoms with van der Waals surface area (Å²) in [6, 6.07) is 5.74. The average Bonchev–Trinajstić information content (AvgIpc) is 2.74. The molecule has 106 valence electrons. The van der Waals surface area contributed by atoms with E-state index in [4.69, 9.17) is 10.5 Å². The summed E-state index contributed by atoms with van der Waals surface area (Å²) in [5, 5.41) is 8.02. The number of esters is 1. The van der Waals surface area contributed by atoms with E-state index >= 15 is 0 Å². The summed E-state index contributed by atoms with van der Waals surface area (Å²) >= 11 is 0. The normalized spacial score (nSPS) is 10.6. The number of nitrogen functional groups attached to an aromatic ring is 1. The predicted molar refractivity (Wildman–Crippen MR) is 76.0 cm³/mol. The maximum Gasteiger partial charge on any atom is 0.327 e. The van der Waals surface area contributed by atoms with Gasteiger partial charge in [-0.05, 0) is 32.9 Å². The molecule has 0 unspecified atom stereocenters. The van der Waals surface area contributed by atoms with Crippen LogP contribution in [0, 0.1) is 13.8 Å². The molecule has 1 aromatic heterocycles. The summed E-state index contributed by atoms with van der Waals surface area (Å²) in [6.07, 6.45) is 0. The number of anilines is 1. The van der Waals surface area contributed by atoms with Gasteiger partial charge in [0, 0.05) is 11.3 Å². The van der Waals surface area contributed by atoms with Crippen molar-refractivity contribution in [3.8, 4) is 11.3 Å². The molecule has 0 atom stereocenters. The predicted octanol–water partition coefficient (Wildman–Crippen LogP) is 1.71. The van der Waals surface area contributed by atoms with Gasteiger partial charge in [0.2, 0.25) is 0 Å². The highest BCUT2D eigenvalue weighted by Gasteiger charge is 2.17. The van der Waals surface area contributed by atoms with E-state index in [0.29, 0.717) is 12.3 Å². The molecule has 0 amide bonds. The highest BCUT2D eigenvalue weighted by molar-refractivity contribution is 5.77. The van der Waals surface area contributed by atoms with Crippen LogP contribution in [0.15, 0.2) is 18.2 Å². The van der Waals surface area contributed by atoms with Gasteiger partial charge in [-0.15, -0.1) is 5.10 Å². The Hall–Kier alpha value is -2.37. The van der Waals surface area contributed by atoms with Gasteiger partial charge in [-0.1, -0.05) is 16.8 Å². The minimum Gasteiger partial charge on any atom is -0.465 e. The van der Waals surface area contributed by atoms with Gasteiger partial charge in [0.1, 0.15) is 6.54 Å². The molecule has 20 heavy (non-hydrogen) atoms. The minimum absolute atomic E-state index is 0.0252. The number of carbonyl (C=O) groups is 1. The Kier molecular flexibility index (Phi) is 4.02. The molecule has 2 N–H and O–H groups in total. The number of ether oxygens (including phenoxy) is 1. The zero-order chi connectivity index (χ0) is 14.7. The second-order valence-corrected chi connectivity index (χ2v) is 4.58. The SMILES string of the molecule is CCOC(=O)Cn1nnc(C)c1-c1cc(C)ccc1N. The molecule has 2 rings (SSSR count). The van der Waals surface area contributed by atoms with Crippen LogP contribution in [-0.2, 0) is 16.1 Å². The Balaban J connectivity index is 2.43. The minimum atomic E-state index is -0.343. The Morgan fingerprint density at radius 3 is 2.85 bits per heavy atom. The lowest BCUT2D eigenvalue weighted by atomic mass is 10.1. The van der Waals surface area contributed by atoms with E-state index in [2.05, 4.69) is 10.3 Å². The number of benzene rings is 1. The number of hydrogen-bond acceptors (Lipinski definition) is 5. The largest absolute Gasteiger partial charge is 0.465 e. The van der Waals surface area contributed by atoms with Crippen LogP contribution < -0.4 is 5.73 Å². The molecule has 6 heteroatoms. The number of nitrogens with two attached hydrogens (primary N) is 1. The molecule has 6 nitrogen and oxygen atoms in total. The first-order valence-electron chi connectivity index (χ1n) is 6.45. The maximum absolute atomic E-state index is 11.6. The third kappa shape index (κ3) is 2.79. The Morgan fingerprint density at radius 2 is 2.15 bits per heavy atom. The van der Waals surface area contributed by atoms with Gasteiger partial charge in [0.05, 0.1) is 18.0 Å². The topological polar surface area (TPSA) is 83.0 Å². The van der Waals surface area contributed by atoms with Crippen molar-refractivity contribution in [1.29, 1.82) is 0 Å². The summed E-state index contributed by atoms with van der Waals surface area (Å²) in [5.41, 5.74) is 10.0. The van der Waals surface area contributed by atoms with E-state index in [1.807, 2.05) is 32.0 Å². The van der Waals surface area contributed by atoms with Crippen LogP contribution in [0.2, 0.25) is 0 Å². The molecule has 0 radical (unpaired) electrons. The van der Waals surface area contributed by atoms with E-state index in [-0.39, 0.29) is 12.5 Å². The van der Waals surface area contributed by atoms with Crippen LogP contribution in [0.4, 0.5) is 5.69 Å². The first-order valence-corrected chi connectivity index (χ1v) is 6.45. The molecule has 0 saturated carbocycles. The molecular weight excluding hydrogens is 256 g/mol. The van der Waals surface area contributed by atoms with Crippen LogP contribution in [0.3, 0.4) is 0 Å². The van der Waals surface area contributed by atoms with E-state index in [1.54, 1.807) is 6.92 Å². The van der Waals surface area contributed by atoms with Crippen LogP contribution in [0.25, 0.3) is 11.3 Å². The van der Waals surface area contributed by atoms with Crippen molar-refractivity contribution in [2.75, 3.05) is 12.3 Å². The molecule has 0 aliphatic rings. The van der Waals surface area contributed by atoms with Crippen molar-refractivity contribution in [2.45, 2.75) is 27.3 Å². The van der Waals surface area contributed by atoms with E-state index < -0.39 is 0 Å². The highest BCUT2D eigenvalue weighted by Crippen LogP contribution is 2.28. The third-order valence-corrected chi connectivity index (χ3v) is 2.95. The summed E-state index contributed by atoms with van der Waals surface area (Å²) in [6.45, 7) is 5.96. The molecular formula is C14H18N4O2. The molecule has 0 aliphatic heterocycles. The number of nitrogens with zero attached hydrogens (tertiary/aromatic N) is 3. The van der Waals surface area contributed by atoms with Gasteiger partial charge in [0.15, 0.2) is 0 Å². The zero-order valence-corrected chi connectivity index (χ0v) is 11.9. The van der Waals surface area contributed by atoms with Crippen molar-refractivity contribution in [3.05, 3.63) is 29.5 Å². The first-order chi connectivity index (χ1) is 9.52. The van der Waals surface area contributed by atoms with Gasteiger partial charge in [-0.25, -0.2) is 4.68 Å². The summed E-state index contributed by atoms with van der Waals surface area (Å²) in [4.78, 5) is 11.6.